The van der Waals surface area contributed by atoms with E-state index in [9.17, 15) is 9.59 Å². The Balaban J connectivity index is 2.04. The quantitative estimate of drug-likeness (QED) is 0.722. The molecule has 106 valence electrons. The zero-order valence-electron chi connectivity index (χ0n) is 11.8. The fourth-order valence-corrected chi connectivity index (χ4v) is 2.27. The summed E-state index contributed by atoms with van der Waals surface area (Å²) in [7, 11) is 0. The molecule has 0 spiro atoms. The molecule has 3 N–H and O–H groups in total. The third-order valence-electron chi connectivity index (χ3n) is 3.27. The smallest absolute Gasteiger partial charge is 0.253 e. The maximum absolute atomic E-state index is 12.2. The summed E-state index contributed by atoms with van der Waals surface area (Å²) in [6.45, 7) is 5.59. The number of Topliss-reactive ketones (excluding diaryl/α,β-unsaturated/α-hetero) is 1. The van der Waals surface area contributed by atoms with E-state index in [0.717, 1.165) is 5.56 Å². The van der Waals surface area contributed by atoms with Crippen LogP contribution in [-0.4, -0.2) is 33.4 Å². The van der Waals surface area contributed by atoms with Gasteiger partial charge in [0.15, 0.2) is 5.78 Å². The third kappa shape index (κ3) is 2.79. The lowest BCUT2D eigenvalue weighted by atomic mass is 10.1. The van der Waals surface area contributed by atoms with E-state index in [4.69, 9.17) is 0 Å². The fourth-order valence-electron chi connectivity index (χ4n) is 2.27. The van der Waals surface area contributed by atoms with E-state index in [-0.39, 0.29) is 11.7 Å². The van der Waals surface area contributed by atoms with Crippen molar-refractivity contribution in [3.63, 3.8) is 0 Å². The van der Waals surface area contributed by atoms with Gasteiger partial charge in [-0.3, -0.25) is 14.7 Å². The van der Waals surface area contributed by atoms with Crippen LogP contribution in [0, 0.1) is 13.8 Å². The maximum atomic E-state index is 12.2. The number of carbonyl (C=O) groups excluding carboxylic acids is 2. The predicted octanol–water partition coefficient (Wildman–Crippen LogP) is 1.53. The third-order valence-corrected chi connectivity index (χ3v) is 3.27. The number of aromatic nitrogens is 3. The van der Waals surface area contributed by atoms with Crippen LogP contribution in [0.2, 0.25) is 0 Å². The lowest BCUT2D eigenvalue weighted by Crippen LogP contribution is -2.26. The SMILES string of the molecule is CC(=O)c1[nH]c(C)c(C(=O)NCCc2cn[nH]c2)c1C. The van der Waals surface area contributed by atoms with Crippen LogP contribution in [-0.2, 0) is 6.42 Å². The number of aryl methyl sites for hydroxylation is 1. The normalized spacial score (nSPS) is 10.6. The summed E-state index contributed by atoms with van der Waals surface area (Å²) in [6, 6.07) is 0. The minimum absolute atomic E-state index is 0.0666. The standard InChI is InChI=1S/C14H18N4O2/c1-8-12(9(2)18-13(8)10(3)19)14(20)15-5-4-11-6-16-17-7-11/h6-7,18H,4-5H2,1-3H3,(H,15,20)(H,16,17). The predicted molar refractivity (Wildman–Crippen MR) is 74.9 cm³/mol. The molecule has 0 bridgehead atoms. The molecule has 0 aliphatic heterocycles. The first kappa shape index (κ1) is 14.0. The van der Waals surface area contributed by atoms with Crippen molar-refractivity contribution in [1.29, 1.82) is 0 Å². The molecule has 2 rings (SSSR count). The van der Waals surface area contributed by atoms with E-state index in [2.05, 4.69) is 20.5 Å². The molecule has 2 aromatic heterocycles. The Bertz CT molecular complexity index is 626. The average Bonchev–Trinajstić information content (AvgIpc) is 2.97. The Morgan fingerprint density at radius 1 is 1.35 bits per heavy atom. The molecule has 6 heteroatoms. The summed E-state index contributed by atoms with van der Waals surface area (Å²) in [6.07, 6.45) is 4.24. The molecular weight excluding hydrogens is 256 g/mol. The Morgan fingerprint density at radius 3 is 2.65 bits per heavy atom. The van der Waals surface area contributed by atoms with Crippen LogP contribution in [0.1, 0.15) is 44.6 Å². The van der Waals surface area contributed by atoms with Crippen molar-refractivity contribution in [3.8, 4) is 0 Å². The molecular formula is C14H18N4O2. The highest BCUT2D eigenvalue weighted by Gasteiger charge is 2.19. The molecule has 0 radical (unpaired) electrons. The van der Waals surface area contributed by atoms with E-state index in [1.54, 1.807) is 26.2 Å². The summed E-state index contributed by atoms with van der Waals surface area (Å²) in [4.78, 5) is 26.6. The molecule has 0 saturated carbocycles. The Hall–Kier alpha value is -2.37. The molecule has 20 heavy (non-hydrogen) atoms. The molecule has 0 fully saturated rings. The van der Waals surface area contributed by atoms with Crippen LogP contribution >= 0.6 is 0 Å². The van der Waals surface area contributed by atoms with Crippen molar-refractivity contribution in [3.05, 3.63) is 40.5 Å². The first-order chi connectivity index (χ1) is 9.50. The monoisotopic (exact) mass is 274 g/mol. The first-order valence-corrected chi connectivity index (χ1v) is 6.46. The zero-order valence-corrected chi connectivity index (χ0v) is 11.8. The lowest BCUT2D eigenvalue weighted by molar-refractivity contribution is 0.0953. The molecule has 2 aromatic rings. The summed E-state index contributed by atoms with van der Waals surface area (Å²) in [5, 5.41) is 9.44. The molecule has 2 heterocycles. The molecule has 0 aromatic carbocycles. The molecule has 0 saturated heterocycles. The number of rotatable bonds is 5. The van der Waals surface area contributed by atoms with Crippen LogP contribution in [0.4, 0.5) is 0 Å². The number of carbonyl (C=O) groups is 2. The first-order valence-electron chi connectivity index (χ1n) is 6.46. The van der Waals surface area contributed by atoms with Gasteiger partial charge in [0.2, 0.25) is 0 Å². The van der Waals surface area contributed by atoms with Gasteiger partial charge in [-0.1, -0.05) is 0 Å². The van der Waals surface area contributed by atoms with Crippen molar-refractivity contribution in [2.45, 2.75) is 27.2 Å². The number of nitrogens with zero attached hydrogens (tertiary/aromatic N) is 1. The Labute approximate surface area is 117 Å². The highest BCUT2D eigenvalue weighted by molar-refractivity contribution is 6.02. The minimum atomic E-state index is -0.160. The Kier molecular flexibility index (Phi) is 4.02. The second-order valence-electron chi connectivity index (χ2n) is 4.79. The number of hydrogen-bond donors (Lipinski definition) is 3. The fraction of sp³-hybridized carbons (Fsp3) is 0.357. The van der Waals surface area contributed by atoms with Gasteiger partial charge in [0.25, 0.3) is 5.91 Å². The van der Waals surface area contributed by atoms with Crippen molar-refractivity contribution < 1.29 is 9.59 Å². The number of nitrogens with one attached hydrogen (secondary N) is 3. The van der Waals surface area contributed by atoms with Gasteiger partial charge in [0.05, 0.1) is 17.5 Å². The molecule has 1 amide bonds. The van der Waals surface area contributed by atoms with Gasteiger partial charge in [-0.15, -0.1) is 0 Å². The van der Waals surface area contributed by atoms with Crippen LogP contribution in [0.25, 0.3) is 0 Å². The minimum Gasteiger partial charge on any atom is -0.355 e. The van der Waals surface area contributed by atoms with Crippen LogP contribution < -0.4 is 5.32 Å². The van der Waals surface area contributed by atoms with Gasteiger partial charge in [0.1, 0.15) is 0 Å². The molecule has 0 aliphatic rings. The van der Waals surface area contributed by atoms with Crippen molar-refractivity contribution in [2.75, 3.05) is 6.54 Å². The summed E-state index contributed by atoms with van der Waals surface area (Å²) in [5.74, 6) is -0.227. The van der Waals surface area contributed by atoms with E-state index in [1.165, 1.54) is 6.92 Å². The highest BCUT2D eigenvalue weighted by Crippen LogP contribution is 2.18. The largest absolute Gasteiger partial charge is 0.355 e. The summed E-state index contributed by atoms with van der Waals surface area (Å²) < 4.78 is 0. The van der Waals surface area contributed by atoms with Crippen LogP contribution in [0.5, 0.6) is 0 Å². The Morgan fingerprint density at radius 2 is 2.10 bits per heavy atom. The van der Waals surface area contributed by atoms with Gasteiger partial charge < -0.3 is 10.3 Å². The highest BCUT2D eigenvalue weighted by atomic mass is 16.1. The molecule has 0 atom stereocenters. The van der Waals surface area contributed by atoms with Gasteiger partial charge in [-0.2, -0.15) is 5.10 Å². The summed E-state index contributed by atoms with van der Waals surface area (Å²) >= 11 is 0. The number of hydrogen-bond acceptors (Lipinski definition) is 3. The number of ketones is 1. The van der Waals surface area contributed by atoms with Crippen molar-refractivity contribution in [1.82, 2.24) is 20.5 Å². The van der Waals surface area contributed by atoms with Crippen LogP contribution in [0.15, 0.2) is 12.4 Å². The molecule has 0 unspecified atom stereocenters. The van der Waals surface area contributed by atoms with Gasteiger partial charge in [-0.05, 0) is 31.4 Å². The van der Waals surface area contributed by atoms with E-state index in [0.29, 0.717) is 35.5 Å². The summed E-state index contributed by atoms with van der Waals surface area (Å²) in [5.41, 5.74) is 3.52. The topological polar surface area (TPSA) is 90.6 Å². The number of H-pyrrole nitrogens is 2. The van der Waals surface area contributed by atoms with E-state index >= 15 is 0 Å². The van der Waals surface area contributed by atoms with Gasteiger partial charge in [0, 0.05) is 25.4 Å². The van der Waals surface area contributed by atoms with Crippen molar-refractivity contribution >= 4 is 11.7 Å². The van der Waals surface area contributed by atoms with Crippen molar-refractivity contribution in [2.24, 2.45) is 0 Å². The van der Waals surface area contributed by atoms with Crippen LogP contribution in [0.3, 0.4) is 0 Å². The maximum Gasteiger partial charge on any atom is 0.253 e. The van der Waals surface area contributed by atoms with Gasteiger partial charge in [-0.25, -0.2) is 0 Å². The second-order valence-corrected chi connectivity index (χ2v) is 4.79. The molecule has 0 aliphatic carbocycles. The number of aromatic amines is 2. The average molecular weight is 274 g/mol. The second kappa shape index (κ2) is 5.73. The number of amides is 1. The van der Waals surface area contributed by atoms with E-state index < -0.39 is 0 Å². The molecule has 6 nitrogen and oxygen atoms in total. The lowest BCUT2D eigenvalue weighted by Gasteiger charge is -2.05. The van der Waals surface area contributed by atoms with Gasteiger partial charge >= 0.3 is 0 Å². The van der Waals surface area contributed by atoms with E-state index in [1.807, 2.05) is 0 Å². The zero-order chi connectivity index (χ0) is 14.7.